The maximum Gasteiger partial charge on any atom is 0.211 e. The minimum atomic E-state index is -3.25. The van der Waals surface area contributed by atoms with Gasteiger partial charge in [0, 0.05) is 35.2 Å². The number of nitrogens with zero attached hydrogens (tertiary/aromatic N) is 5. The van der Waals surface area contributed by atoms with Gasteiger partial charge < -0.3 is 0 Å². The highest BCUT2D eigenvalue weighted by molar-refractivity contribution is 7.88. The monoisotopic (exact) mass is 486 g/mol. The maximum atomic E-state index is 12.0. The second-order valence-corrected chi connectivity index (χ2v) is 10.5. The molecule has 1 aliphatic heterocycles. The first-order valence-corrected chi connectivity index (χ1v) is 12.3. The number of halogens is 2. The van der Waals surface area contributed by atoms with Gasteiger partial charge in [-0.25, -0.2) is 12.7 Å². The molecule has 4 rings (SSSR count). The van der Waals surface area contributed by atoms with Gasteiger partial charge in [0.1, 0.15) is 5.82 Å². The summed E-state index contributed by atoms with van der Waals surface area (Å²) < 4.78 is 29.5. The van der Waals surface area contributed by atoms with Gasteiger partial charge in [-0.1, -0.05) is 29.3 Å². The van der Waals surface area contributed by atoms with Crippen LogP contribution in [-0.4, -0.2) is 56.6 Å². The van der Waals surface area contributed by atoms with Gasteiger partial charge in [0.15, 0.2) is 4.77 Å². The van der Waals surface area contributed by atoms with E-state index in [-0.39, 0.29) is 5.92 Å². The van der Waals surface area contributed by atoms with Crippen LogP contribution in [0.25, 0.3) is 5.69 Å². The van der Waals surface area contributed by atoms with Crippen LogP contribution in [0.15, 0.2) is 30.6 Å². The van der Waals surface area contributed by atoms with Crippen LogP contribution >= 0.6 is 35.4 Å². The molecule has 1 atom stereocenters. The molecule has 160 valence electrons. The molecule has 0 aliphatic carbocycles. The van der Waals surface area contributed by atoms with Gasteiger partial charge in [0.05, 0.1) is 24.7 Å². The zero-order chi connectivity index (χ0) is 21.5. The van der Waals surface area contributed by atoms with E-state index in [1.807, 2.05) is 16.8 Å². The molecule has 3 heterocycles. The largest absolute Gasteiger partial charge is 0.269 e. The summed E-state index contributed by atoms with van der Waals surface area (Å²) in [6.07, 6.45) is 6.40. The summed E-state index contributed by atoms with van der Waals surface area (Å²) in [6.45, 7) is 1.38. The molecule has 3 aromatic rings. The lowest BCUT2D eigenvalue weighted by molar-refractivity contribution is 0.309. The van der Waals surface area contributed by atoms with Crippen molar-refractivity contribution in [2.75, 3.05) is 19.3 Å². The van der Waals surface area contributed by atoms with E-state index in [2.05, 4.69) is 15.3 Å². The van der Waals surface area contributed by atoms with Crippen LogP contribution in [0.1, 0.15) is 30.1 Å². The fourth-order valence-corrected chi connectivity index (χ4v) is 5.29. The third kappa shape index (κ3) is 4.47. The summed E-state index contributed by atoms with van der Waals surface area (Å²) in [5.41, 5.74) is 1.65. The first-order chi connectivity index (χ1) is 14.2. The molecule has 0 radical (unpaired) electrons. The molecule has 1 N–H and O–H groups in total. The highest BCUT2D eigenvalue weighted by Crippen LogP contribution is 2.29. The van der Waals surface area contributed by atoms with Gasteiger partial charge >= 0.3 is 0 Å². The Hall–Kier alpha value is -1.72. The van der Waals surface area contributed by atoms with E-state index in [9.17, 15) is 8.42 Å². The Kier molecular flexibility index (Phi) is 6.04. The summed E-state index contributed by atoms with van der Waals surface area (Å²) in [5, 5.41) is 12.8. The Bertz CT molecular complexity index is 1230. The molecule has 0 bridgehead atoms. The molecule has 1 fully saturated rings. The van der Waals surface area contributed by atoms with E-state index in [1.54, 1.807) is 23.0 Å². The predicted molar refractivity (Wildman–Crippen MR) is 118 cm³/mol. The van der Waals surface area contributed by atoms with Gasteiger partial charge in [-0.3, -0.25) is 14.3 Å². The fraction of sp³-hybridized carbons (Fsp3) is 0.389. The van der Waals surface area contributed by atoms with Gasteiger partial charge in [-0.2, -0.15) is 10.2 Å². The third-order valence-electron chi connectivity index (χ3n) is 5.14. The zero-order valence-electron chi connectivity index (χ0n) is 16.1. The average molecular weight is 487 g/mol. The number of benzene rings is 1. The Balaban J connectivity index is 1.62. The number of piperidine rings is 1. The molecule has 2 aromatic heterocycles. The first-order valence-electron chi connectivity index (χ1n) is 9.31. The molecular weight excluding hydrogens is 467 g/mol. The molecule has 30 heavy (non-hydrogen) atoms. The van der Waals surface area contributed by atoms with E-state index >= 15 is 0 Å². The van der Waals surface area contributed by atoms with Crippen molar-refractivity contribution in [1.29, 1.82) is 0 Å². The first kappa shape index (κ1) is 21.5. The lowest BCUT2D eigenvalue weighted by Crippen LogP contribution is -2.39. The molecule has 12 heteroatoms. The Morgan fingerprint density at radius 1 is 1.33 bits per heavy atom. The number of aromatic amines is 1. The fourth-order valence-electron chi connectivity index (χ4n) is 3.67. The van der Waals surface area contributed by atoms with Crippen LogP contribution in [0.5, 0.6) is 0 Å². The minimum Gasteiger partial charge on any atom is -0.269 e. The number of sulfonamides is 1. The minimum absolute atomic E-state index is 0.0597. The second kappa shape index (κ2) is 8.43. The van der Waals surface area contributed by atoms with Crippen molar-refractivity contribution in [3.05, 3.63) is 56.8 Å². The van der Waals surface area contributed by atoms with Crippen molar-refractivity contribution in [1.82, 2.24) is 28.9 Å². The van der Waals surface area contributed by atoms with Crippen molar-refractivity contribution in [2.24, 2.45) is 0 Å². The Morgan fingerprint density at radius 2 is 2.13 bits per heavy atom. The number of hydrogen-bond acceptors (Lipinski definition) is 5. The zero-order valence-corrected chi connectivity index (χ0v) is 19.3. The smallest absolute Gasteiger partial charge is 0.211 e. The number of hydrogen-bond donors (Lipinski definition) is 1. The second-order valence-electron chi connectivity index (χ2n) is 7.31. The summed E-state index contributed by atoms with van der Waals surface area (Å²) in [6, 6.07) is 5.35. The normalized spacial score (nSPS) is 18.0. The lowest BCUT2D eigenvalue weighted by atomic mass is 9.99. The molecule has 0 amide bonds. The molecule has 1 saturated heterocycles. The van der Waals surface area contributed by atoms with Crippen molar-refractivity contribution in [3.8, 4) is 5.69 Å². The van der Waals surface area contributed by atoms with E-state index in [0.29, 0.717) is 40.3 Å². The van der Waals surface area contributed by atoms with Crippen LogP contribution in [0.3, 0.4) is 0 Å². The van der Waals surface area contributed by atoms with Crippen molar-refractivity contribution in [2.45, 2.75) is 25.3 Å². The molecule has 8 nitrogen and oxygen atoms in total. The van der Waals surface area contributed by atoms with Crippen LogP contribution in [0.2, 0.25) is 10.0 Å². The van der Waals surface area contributed by atoms with E-state index in [4.69, 9.17) is 35.4 Å². The summed E-state index contributed by atoms with van der Waals surface area (Å²) in [5.74, 6) is 0.646. The Morgan fingerprint density at radius 3 is 2.87 bits per heavy atom. The van der Waals surface area contributed by atoms with E-state index in [0.717, 1.165) is 24.1 Å². The molecule has 1 aromatic carbocycles. The van der Waals surface area contributed by atoms with Crippen LogP contribution in [0.4, 0.5) is 0 Å². The highest BCUT2D eigenvalue weighted by Gasteiger charge is 2.30. The topological polar surface area (TPSA) is 88.8 Å². The van der Waals surface area contributed by atoms with E-state index in [1.165, 1.54) is 10.6 Å². The SMILES string of the molecule is CS(=O)(=O)N1CCC[C@H](c2n[nH]c(=S)n2-c2cnn(Cc3ccc(Cl)cc3Cl)c2)C1. The Labute approximate surface area is 189 Å². The highest BCUT2D eigenvalue weighted by atomic mass is 35.5. The van der Waals surface area contributed by atoms with Crippen molar-refractivity contribution < 1.29 is 8.42 Å². The predicted octanol–water partition coefficient (Wildman–Crippen LogP) is 3.62. The standard InChI is InChI=1S/C18H20Cl2N6O2S2/c1-30(27,28)25-6-2-3-13(10-25)17-22-23-18(29)26(17)15-8-21-24(11-15)9-12-4-5-14(19)7-16(12)20/h4-5,7-8,11,13H,2-3,6,9-10H2,1H3,(H,23,29)/t13-/m0/s1. The molecule has 0 unspecified atom stereocenters. The maximum absolute atomic E-state index is 12.0. The van der Waals surface area contributed by atoms with Crippen LogP contribution in [-0.2, 0) is 16.6 Å². The van der Waals surface area contributed by atoms with Crippen molar-refractivity contribution >= 4 is 45.4 Å². The lowest BCUT2D eigenvalue weighted by Gasteiger charge is -2.30. The molecule has 0 spiro atoms. The molecule has 1 aliphatic rings. The summed E-state index contributed by atoms with van der Waals surface area (Å²) in [7, 11) is -3.25. The number of nitrogens with one attached hydrogen (secondary N) is 1. The van der Waals surface area contributed by atoms with Gasteiger partial charge in [0.25, 0.3) is 0 Å². The number of aromatic nitrogens is 5. The van der Waals surface area contributed by atoms with Gasteiger partial charge in [0.2, 0.25) is 10.0 Å². The number of rotatable bonds is 5. The third-order valence-corrected chi connectivity index (χ3v) is 7.27. The van der Waals surface area contributed by atoms with Crippen molar-refractivity contribution in [3.63, 3.8) is 0 Å². The average Bonchev–Trinajstić information content (AvgIpc) is 3.29. The van der Waals surface area contributed by atoms with E-state index < -0.39 is 10.0 Å². The van der Waals surface area contributed by atoms with Gasteiger partial charge in [-0.15, -0.1) is 0 Å². The summed E-state index contributed by atoms with van der Waals surface area (Å²) in [4.78, 5) is 0. The van der Waals surface area contributed by atoms with Gasteiger partial charge in [-0.05, 0) is 42.8 Å². The number of H-pyrrole nitrogens is 1. The quantitative estimate of drug-likeness (QED) is 0.556. The molecular formula is C18H20Cl2N6O2S2. The van der Waals surface area contributed by atoms with Crippen LogP contribution < -0.4 is 0 Å². The molecule has 0 saturated carbocycles. The van der Waals surface area contributed by atoms with Crippen LogP contribution in [0, 0.1) is 4.77 Å². The summed E-state index contributed by atoms with van der Waals surface area (Å²) >= 11 is 17.7.